The summed E-state index contributed by atoms with van der Waals surface area (Å²) in [6.45, 7) is 0.771. The fraction of sp³-hybridized carbons (Fsp3) is 0.333. The van der Waals surface area contributed by atoms with E-state index in [9.17, 15) is 13.2 Å². The SMILES string of the molecule is N#Cc1cccc(N2CCCCC2c2ccc(C(F)(F)F)cc2)n1. The van der Waals surface area contributed by atoms with Crippen molar-refractivity contribution in [2.45, 2.75) is 31.5 Å². The number of alkyl halides is 3. The van der Waals surface area contributed by atoms with Gasteiger partial charge in [-0.3, -0.25) is 0 Å². The van der Waals surface area contributed by atoms with Gasteiger partial charge >= 0.3 is 6.18 Å². The van der Waals surface area contributed by atoms with Crippen LogP contribution in [0.2, 0.25) is 0 Å². The molecule has 0 N–H and O–H groups in total. The predicted molar refractivity (Wildman–Crippen MR) is 84.3 cm³/mol. The van der Waals surface area contributed by atoms with Crippen molar-refractivity contribution >= 4 is 5.82 Å². The van der Waals surface area contributed by atoms with E-state index in [-0.39, 0.29) is 6.04 Å². The number of hydrogen-bond acceptors (Lipinski definition) is 3. The average Bonchev–Trinajstić information content (AvgIpc) is 2.61. The fourth-order valence-electron chi connectivity index (χ4n) is 3.09. The quantitative estimate of drug-likeness (QED) is 0.800. The number of nitrogens with zero attached hydrogens (tertiary/aromatic N) is 3. The van der Waals surface area contributed by atoms with Gasteiger partial charge in [-0.2, -0.15) is 18.4 Å². The van der Waals surface area contributed by atoms with Crippen molar-refractivity contribution in [2.75, 3.05) is 11.4 Å². The van der Waals surface area contributed by atoms with Crippen molar-refractivity contribution in [3.8, 4) is 6.07 Å². The minimum absolute atomic E-state index is 0.0255. The Morgan fingerprint density at radius 2 is 1.83 bits per heavy atom. The molecule has 0 aliphatic carbocycles. The second-order valence-electron chi connectivity index (χ2n) is 5.82. The third-order valence-electron chi connectivity index (χ3n) is 4.27. The van der Waals surface area contributed by atoms with Crippen LogP contribution in [0.1, 0.15) is 42.1 Å². The molecule has 124 valence electrons. The summed E-state index contributed by atoms with van der Waals surface area (Å²) in [4.78, 5) is 6.41. The van der Waals surface area contributed by atoms with Crippen molar-refractivity contribution in [3.05, 3.63) is 59.3 Å². The highest BCUT2D eigenvalue weighted by Crippen LogP contribution is 2.36. The highest BCUT2D eigenvalue weighted by Gasteiger charge is 2.31. The summed E-state index contributed by atoms with van der Waals surface area (Å²) in [5.41, 5.74) is 0.536. The van der Waals surface area contributed by atoms with Gasteiger partial charge in [0.25, 0.3) is 0 Å². The van der Waals surface area contributed by atoms with E-state index in [1.165, 1.54) is 0 Å². The van der Waals surface area contributed by atoms with Gasteiger partial charge in [-0.15, -0.1) is 0 Å². The maximum Gasteiger partial charge on any atom is 0.416 e. The summed E-state index contributed by atoms with van der Waals surface area (Å²) in [6.07, 6.45) is -1.47. The summed E-state index contributed by atoms with van der Waals surface area (Å²) in [6, 6.07) is 12.6. The molecule has 6 heteroatoms. The lowest BCUT2D eigenvalue weighted by Gasteiger charge is -2.37. The van der Waals surface area contributed by atoms with Crippen LogP contribution in [-0.4, -0.2) is 11.5 Å². The van der Waals surface area contributed by atoms with Gasteiger partial charge in [0, 0.05) is 6.54 Å². The summed E-state index contributed by atoms with van der Waals surface area (Å²) < 4.78 is 38.2. The van der Waals surface area contributed by atoms with E-state index in [0.29, 0.717) is 11.5 Å². The van der Waals surface area contributed by atoms with Crippen LogP contribution in [0.4, 0.5) is 19.0 Å². The van der Waals surface area contributed by atoms with Gasteiger partial charge < -0.3 is 4.90 Å². The molecule has 0 spiro atoms. The molecule has 1 aromatic heterocycles. The summed E-state index contributed by atoms with van der Waals surface area (Å²) in [7, 11) is 0. The van der Waals surface area contributed by atoms with Crippen LogP contribution in [0.25, 0.3) is 0 Å². The number of anilines is 1. The lowest BCUT2D eigenvalue weighted by atomic mass is 9.94. The van der Waals surface area contributed by atoms with Crippen LogP contribution in [0.3, 0.4) is 0 Å². The number of rotatable bonds is 2. The topological polar surface area (TPSA) is 39.9 Å². The van der Waals surface area contributed by atoms with E-state index in [0.717, 1.165) is 43.5 Å². The Morgan fingerprint density at radius 3 is 2.50 bits per heavy atom. The Morgan fingerprint density at radius 1 is 1.08 bits per heavy atom. The summed E-state index contributed by atoms with van der Waals surface area (Å²) in [5.74, 6) is 0.693. The molecule has 0 bridgehead atoms. The third kappa shape index (κ3) is 3.35. The van der Waals surface area contributed by atoms with Gasteiger partial charge in [-0.1, -0.05) is 18.2 Å². The highest BCUT2D eigenvalue weighted by molar-refractivity contribution is 5.45. The zero-order valence-electron chi connectivity index (χ0n) is 12.9. The van der Waals surface area contributed by atoms with Gasteiger partial charge in [0.1, 0.15) is 17.6 Å². The molecular weight excluding hydrogens is 315 g/mol. The smallest absolute Gasteiger partial charge is 0.350 e. The molecule has 2 heterocycles. The normalized spacial score (nSPS) is 18.2. The molecule has 1 aliphatic heterocycles. The molecule has 1 aromatic carbocycles. The fourth-order valence-corrected chi connectivity index (χ4v) is 3.09. The van der Waals surface area contributed by atoms with Crippen molar-refractivity contribution in [1.29, 1.82) is 5.26 Å². The molecule has 0 amide bonds. The first-order valence-corrected chi connectivity index (χ1v) is 7.80. The van der Waals surface area contributed by atoms with Crippen molar-refractivity contribution < 1.29 is 13.2 Å². The van der Waals surface area contributed by atoms with Gasteiger partial charge in [0.15, 0.2) is 0 Å². The number of aromatic nitrogens is 1. The van der Waals surface area contributed by atoms with E-state index in [1.807, 2.05) is 12.1 Å². The molecule has 1 saturated heterocycles. The number of nitriles is 1. The number of halogens is 3. The van der Waals surface area contributed by atoms with Crippen LogP contribution in [0.15, 0.2) is 42.5 Å². The van der Waals surface area contributed by atoms with Crippen LogP contribution in [0, 0.1) is 11.3 Å². The van der Waals surface area contributed by atoms with E-state index >= 15 is 0 Å². The molecule has 1 fully saturated rings. The van der Waals surface area contributed by atoms with Crippen LogP contribution in [0.5, 0.6) is 0 Å². The summed E-state index contributed by atoms with van der Waals surface area (Å²) in [5, 5.41) is 9.01. The third-order valence-corrected chi connectivity index (χ3v) is 4.27. The Kier molecular flexibility index (Phi) is 4.43. The van der Waals surface area contributed by atoms with Gasteiger partial charge in [0.2, 0.25) is 0 Å². The zero-order chi connectivity index (χ0) is 17.2. The lowest BCUT2D eigenvalue weighted by Crippen LogP contribution is -2.34. The van der Waals surface area contributed by atoms with Crippen molar-refractivity contribution in [2.24, 2.45) is 0 Å². The first kappa shape index (κ1) is 16.3. The lowest BCUT2D eigenvalue weighted by molar-refractivity contribution is -0.137. The predicted octanol–water partition coefficient (Wildman–Crippen LogP) is 4.70. The first-order valence-electron chi connectivity index (χ1n) is 7.80. The maximum absolute atomic E-state index is 12.7. The first-order chi connectivity index (χ1) is 11.5. The van der Waals surface area contributed by atoms with Crippen molar-refractivity contribution in [1.82, 2.24) is 4.98 Å². The standard InChI is InChI=1S/C18H16F3N3/c19-18(20,21)14-9-7-13(8-10-14)16-5-1-2-11-24(16)17-6-3-4-15(12-22)23-17/h3-4,6-10,16H,1-2,5,11H2. The minimum Gasteiger partial charge on any atom is -0.350 e. The van der Waals surface area contributed by atoms with Crippen LogP contribution < -0.4 is 4.90 Å². The second kappa shape index (κ2) is 6.52. The van der Waals surface area contributed by atoms with Gasteiger partial charge in [-0.05, 0) is 49.1 Å². The summed E-state index contributed by atoms with van der Waals surface area (Å²) >= 11 is 0. The van der Waals surface area contributed by atoms with E-state index in [1.54, 1.807) is 24.3 Å². The van der Waals surface area contributed by atoms with Crippen LogP contribution >= 0.6 is 0 Å². The second-order valence-corrected chi connectivity index (χ2v) is 5.82. The molecule has 1 unspecified atom stereocenters. The molecule has 0 radical (unpaired) electrons. The zero-order valence-corrected chi connectivity index (χ0v) is 12.9. The van der Waals surface area contributed by atoms with Gasteiger partial charge in [-0.25, -0.2) is 4.98 Å². The molecular formula is C18H16F3N3. The minimum atomic E-state index is -4.33. The van der Waals surface area contributed by atoms with Gasteiger partial charge in [0.05, 0.1) is 11.6 Å². The molecule has 3 nitrogen and oxygen atoms in total. The van der Waals surface area contributed by atoms with Crippen LogP contribution in [-0.2, 0) is 6.18 Å². The van der Waals surface area contributed by atoms with E-state index in [2.05, 4.69) is 9.88 Å². The number of pyridine rings is 1. The Balaban J connectivity index is 1.91. The van der Waals surface area contributed by atoms with E-state index in [4.69, 9.17) is 5.26 Å². The molecule has 1 aliphatic rings. The van der Waals surface area contributed by atoms with E-state index < -0.39 is 11.7 Å². The number of benzene rings is 1. The molecule has 3 rings (SSSR count). The monoisotopic (exact) mass is 331 g/mol. The van der Waals surface area contributed by atoms with Crippen molar-refractivity contribution in [3.63, 3.8) is 0 Å². The molecule has 24 heavy (non-hydrogen) atoms. The molecule has 1 atom stereocenters. The average molecular weight is 331 g/mol. The molecule has 2 aromatic rings. The Hall–Kier alpha value is -2.55. The Bertz CT molecular complexity index is 747. The molecule has 0 saturated carbocycles. The largest absolute Gasteiger partial charge is 0.416 e. The highest BCUT2D eigenvalue weighted by atomic mass is 19.4. The number of piperidine rings is 1. The number of hydrogen-bond donors (Lipinski definition) is 0. The maximum atomic E-state index is 12.7. The Labute approximate surface area is 138 Å².